The highest BCUT2D eigenvalue weighted by atomic mass is 19.1. The maximum Gasteiger partial charge on any atom is 0.237 e. The Bertz CT molecular complexity index is 530. The second-order valence-corrected chi connectivity index (χ2v) is 4.07. The number of nitrogens with one attached hydrogen (secondary N) is 1. The molecule has 4 nitrogen and oxygen atoms in total. The van der Waals surface area contributed by atoms with Crippen LogP contribution < -0.4 is 10.1 Å². The van der Waals surface area contributed by atoms with Crippen LogP contribution in [0.5, 0.6) is 5.88 Å². The van der Waals surface area contributed by atoms with Gasteiger partial charge in [0.15, 0.2) is 0 Å². The second kappa shape index (κ2) is 6.13. The number of halogens is 1. The van der Waals surface area contributed by atoms with Crippen molar-refractivity contribution in [1.29, 1.82) is 0 Å². The molecule has 0 spiro atoms. The molecule has 0 aliphatic rings. The monoisotopic (exact) mass is 261 g/mol. The van der Waals surface area contributed by atoms with Crippen LogP contribution in [0.4, 0.5) is 10.1 Å². The van der Waals surface area contributed by atoms with Crippen LogP contribution in [0, 0.1) is 5.82 Å². The van der Waals surface area contributed by atoms with Crippen LogP contribution in [0.15, 0.2) is 36.7 Å². The molecule has 5 heteroatoms. The van der Waals surface area contributed by atoms with Gasteiger partial charge < -0.3 is 10.1 Å². The number of pyridine rings is 2. The molecule has 0 fully saturated rings. The van der Waals surface area contributed by atoms with Crippen LogP contribution in [0.1, 0.15) is 25.1 Å². The lowest BCUT2D eigenvalue weighted by atomic mass is 10.1. The summed E-state index contributed by atoms with van der Waals surface area (Å²) in [6, 6.07) is 6.79. The first kappa shape index (κ1) is 13.3. The van der Waals surface area contributed by atoms with Crippen molar-refractivity contribution in [3.8, 4) is 5.88 Å². The number of hydrogen-bond acceptors (Lipinski definition) is 4. The zero-order chi connectivity index (χ0) is 13.7. The van der Waals surface area contributed by atoms with Gasteiger partial charge in [0, 0.05) is 6.20 Å². The van der Waals surface area contributed by atoms with Crippen molar-refractivity contribution in [2.75, 3.05) is 12.4 Å². The van der Waals surface area contributed by atoms with E-state index in [2.05, 4.69) is 15.3 Å². The maximum atomic E-state index is 12.9. The number of ether oxygens (including phenoxy) is 1. The zero-order valence-corrected chi connectivity index (χ0v) is 10.9. The number of nitrogens with zero attached hydrogens (tertiary/aromatic N) is 2. The Labute approximate surface area is 111 Å². The molecule has 2 aromatic heterocycles. The van der Waals surface area contributed by atoms with Crippen LogP contribution in [-0.4, -0.2) is 17.1 Å². The standard InChI is InChI=1S/C14H16FN3O/c1-3-11(12-7-6-10(15)9-17-12)18-13-5-4-8-16-14(13)19-2/h4-9,11,18H,3H2,1-2H3. The average Bonchev–Trinajstić information content (AvgIpc) is 2.46. The largest absolute Gasteiger partial charge is 0.480 e. The highest BCUT2D eigenvalue weighted by Crippen LogP contribution is 2.26. The van der Waals surface area contributed by atoms with Gasteiger partial charge in [-0.2, -0.15) is 0 Å². The van der Waals surface area contributed by atoms with Crippen molar-refractivity contribution in [3.63, 3.8) is 0 Å². The predicted octanol–water partition coefficient (Wildman–Crippen LogP) is 3.19. The summed E-state index contributed by atoms with van der Waals surface area (Å²) in [5, 5.41) is 3.31. The first-order valence-electron chi connectivity index (χ1n) is 6.11. The van der Waals surface area contributed by atoms with Gasteiger partial charge in [-0.05, 0) is 30.7 Å². The van der Waals surface area contributed by atoms with Crippen LogP contribution >= 0.6 is 0 Å². The Morgan fingerprint density at radius 1 is 1.32 bits per heavy atom. The number of anilines is 1. The fourth-order valence-electron chi connectivity index (χ4n) is 1.83. The summed E-state index contributed by atoms with van der Waals surface area (Å²) in [7, 11) is 1.57. The summed E-state index contributed by atoms with van der Waals surface area (Å²) in [5.41, 5.74) is 1.58. The van der Waals surface area contributed by atoms with E-state index in [-0.39, 0.29) is 11.9 Å². The SMILES string of the molecule is CCC(Nc1cccnc1OC)c1ccc(F)cn1. The molecule has 0 bridgehead atoms. The minimum Gasteiger partial charge on any atom is -0.480 e. The number of rotatable bonds is 5. The minimum absolute atomic E-state index is 0.0151. The molecule has 1 atom stereocenters. The Morgan fingerprint density at radius 2 is 2.16 bits per heavy atom. The van der Waals surface area contributed by atoms with Crippen molar-refractivity contribution in [1.82, 2.24) is 9.97 Å². The fraction of sp³-hybridized carbons (Fsp3) is 0.286. The van der Waals surface area contributed by atoms with Gasteiger partial charge in [0.1, 0.15) is 5.82 Å². The third kappa shape index (κ3) is 3.19. The molecular weight excluding hydrogens is 245 g/mol. The lowest BCUT2D eigenvalue weighted by molar-refractivity contribution is 0.399. The highest BCUT2D eigenvalue weighted by molar-refractivity contribution is 5.53. The van der Waals surface area contributed by atoms with Crippen molar-refractivity contribution in [2.24, 2.45) is 0 Å². The summed E-state index contributed by atoms with van der Waals surface area (Å²) < 4.78 is 18.1. The second-order valence-electron chi connectivity index (χ2n) is 4.07. The molecule has 0 amide bonds. The molecule has 2 heterocycles. The number of aromatic nitrogens is 2. The first-order valence-corrected chi connectivity index (χ1v) is 6.11. The molecule has 2 rings (SSSR count). The zero-order valence-electron chi connectivity index (χ0n) is 10.9. The quantitative estimate of drug-likeness (QED) is 0.898. The van der Waals surface area contributed by atoms with Gasteiger partial charge in [-0.15, -0.1) is 0 Å². The third-order valence-electron chi connectivity index (χ3n) is 2.81. The molecule has 0 aliphatic heterocycles. The minimum atomic E-state index is -0.336. The van der Waals surface area contributed by atoms with Crippen LogP contribution in [0.2, 0.25) is 0 Å². The van der Waals surface area contributed by atoms with Crippen molar-refractivity contribution < 1.29 is 9.13 Å². The molecule has 0 radical (unpaired) electrons. The molecule has 2 aromatic rings. The van der Waals surface area contributed by atoms with E-state index in [1.54, 1.807) is 19.4 Å². The number of hydrogen-bond donors (Lipinski definition) is 1. The predicted molar refractivity (Wildman–Crippen MR) is 71.6 cm³/mol. The average molecular weight is 261 g/mol. The Balaban J connectivity index is 2.21. The van der Waals surface area contributed by atoms with Gasteiger partial charge >= 0.3 is 0 Å². The summed E-state index contributed by atoms with van der Waals surface area (Å²) in [6.07, 6.45) is 3.71. The molecule has 0 aliphatic carbocycles. The molecule has 0 saturated heterocycles. The van der Waals surface area contributed by atoms with E-state index in [0.717, 1.165) is 17.8 Å². The first-order chi connectivity index (χ1) is 9.24. The van der Waals surface area contributed by atoms with Crippen molar-refractivity contribution >= 4 is 5.69 Å². The van der Waals surface area contributed by atoms with Gasteiger partial charge in [-0.25, -0.2) is 9.37 Å². The molecule has 19 heavy (non-hydrogen) atoms. The van der Waals surface area contributed by atoms with E-state index in [1.807, 2.05) is 19.1 Å². The van der Waals surface area contributed by atoms with E-state index in [1.165, 1.54) is 12.3 Å². The van der Waals surface area contributed by atoms with Gasteiger partial charge in [-0.3, -0.25) is 4.98 Å². The topological polar surface area (TPSA) is 47.0 Å². The van der Waals surface area contributed by atoms with Crippen LogP contribution in [0.25, 0.3) is 0 Å². The summed E-state index contributed by atoms with van der Waals surface area (Å²) >= 11 is 0. The number of methoxy groups -OCH3 is 1. The molecule has 1 N–H and O–H groups in total. The van der Waals surface area contributed by atoms with Crippen molar-refractivity contribution in [2.45, 2.75) is 19.4 Å². The van der Waals surface area contributed by atoms with E-state index < -0.39 is 0 Å². The summed E-state index contributed by atoms with van der Waals surface area (Å²) in [6.45, 7) is 2.03. The molecular formula is C14H16FN3O. The van der Waals surface area contributed by atoms with Crippen LogP contribution in [-0.2, 0) is 0 Å². The van der Waals surface area contributed by atoms with E-state index in [4.69, 9.17) is 4.74 Å². The summed E-state index contributed by atoms with van der Waals surface area (Å²) in [5.74, 6) is 0.195. The Hall–Kier alpha value is -2.17. The Morgan fingerprint density at radius 3 is 2.79 bits per heavy atom. The van der Waals surface area contributed by atoms with Gasteiger partial charge in [0.05, 0.1) is 30.7 Å². The molecule has 1 unspecified atom stereocenters. The van der Waals surface area contributed by atoms with E-state index >= 15 is 0 Å². The van der Waals surface area contributed by atoms with Crippen LogP contribution in [0.3, 0.4) is 0 Å². The van der Waals surface area contributed by atoms with Gasteiger partial charge in [-0.1, -0.05) is 6.92 Å². The smallest absolute Gasteiger partial charge is 0.237 e. The lowest BCUT2D eigenvalue weighted by Crippen LogP contribution is -2.12. The summed E-state index contributed by atoms with van der Waals surface area (Å²) in [4.78, 5) is 8.23. The molecule has 0 saturated carbocycles. The maximum absolute atomic E-state index is 12.9. The lowest BCUT2D eigenvalue weighted by Gasteiger charge is -2.18. The highest BCUT2D eigenvalue weighted by Gasteiger charge is 2.13. The molecule has 0 aromatic carbocycles. The van der Waals surface area contributed by atoms with E-state index in [0.29, 0.717) is 5.88 Å². The van der Waals surface area contributed by atoms with Gasteiger partial charge in [0.25, 0.3) is 0 Å². The fourth-order valence-corrected chi connectivity index (χ4v) is 1.83. The molecule has 100 valence electrons. The van der Waals surface area contributed by atoms with Crippen molar-refractivity contribution in [3.05, 3.63) is 48.2 Å². The van der Waals surface area contributed by atoms with Gasteiger partial charge in [0.2, 0.25) is 5.88 Å². The normalized spacial score (nSPS) is 11.9. The Kier molecular flexibility index (Phi) is 4.28. The third-order valence-corrected chi connectivity index (χ3v) is 2.81. The van der Waals surface area contributed by atoms with E-state index in [9.17, 15) is 4.39 Å².